The van der Waals surface area contributed by atoms with E-state index in [2.05, 4.69) is 5.32 Å². The molecule has 1 aliphatic rings. The van der Waals surface area contributed by atoms with Gasteiger partial charge in [0.1, 0.15) is 10.6 Å². The third kappa shape index (κ3) is 4.10. The Kier molecular flexibility index (Phi) is 6.16. The Morgan fingerprint density at radius 2 is 1.79 bits per heavy atom. The first-order valence-corrected chi connectivity index (χ1v) is 9.82. The Morgan fingerprint density at radius 1 is 1.14 bits per heavy atom. The SMILES string of the molecule is COC(=O)c1c(-c2ccc(Cl)cc2)csc1NC(=O)C1CC=CCC1C(=O)O. The van der Waals surface area contributed by atoms with Gasteiger partial charge in [-0.25, -0.2) is 4.79 Å². The number of esters is 1. The lowest BCUT2D eigenvalue weighted by molar-refractivity contribution is -0.146. The summed E-state index contributed by atoms with van der Waals surface area (Å²) in [5.74, 6) is -3.51. The van der Waals surface area contributed by atoms with Crippen molar-refractivity contribution in [3.63, 3.8) is 0 Å². The van der Waals surface area contributed by atoms with Crippen LogP contribution in [0, 0.1) is 11.8 Å². The summed E-state index contributed by atoms with van der Waals surface area (Å²) in [5, 5.41) is 14.8. The van der Waals surface area contributed by atoms with Crippen LogP contribution >= 0.6 is 22.9 Å². The number of carbonyl (C=O) groups excluding carboxylic acids is 2. The molecule has 1 amide bonds. The lowest BCUT2D eigenvalue weighted by atomic mass is 9.82. The molecule has 0 radical (unpaired) electrons. The number of thiophene rings is 1. The number of nitrogens with one attached hydrogen (secondary N) is 1. The second kappa shape index (κ2) is 8.58. The standard InChI is InChI=1S/C20H18ClNO5S/c1-27-20(26)16-15(11-6-8-12(21)9-7-11)10-28-18(16)22-17(23)13-4-2-3-5-14(13)19(24)25/h2-3,6-10,13-14H,4-5H2,1H3,(H,22,23)(H,24,25). The predicted molar refractivity (Wildman–Crippen MR) is 108 cm³/mol. The molecule has 1 aromatic carbocycles. The minimum atomic E-state index is -1.01. The van der Waals surface area contributed by atoms with Crippen LogP contribution in [0.5, 0.6) is 0 Å². The fourth-order valence-electron chi connectivity index (χ4n) is 3.18. The van der Waals surface area contributed by atoms with E-state index in [0.717, 1.165) is 5.56 Å². The number of carbonyl (C=O) groups is 3. The van der Waals surface area contributed by atoms with Crippen molar-refractivity contribution >= 4 is 45.8 Å². The van der Waals surface area contributed by atoms with Gasteiger partial charge in [-0.1, -0.05) is 35.9 Å². The highest BCUT2D eigenvalue weighted by molar-refractivity contribution is 7.15. The summed E-state index contributed by atoms with van der Waals surface area (Å²) in [4.78, 5) is 36.6. The number of carboxylic acids is 1. The predicted octanol–water partition coefficient (Wildman–Crippen LogP) is 4.46. The Hall–Kier alpha value is -2.64. The van der Waals surface area contributed by atoms with E-state index in [1.54, 1.807) is 41.8 Å². The number of rotatable bonds is 5. The van der Waals surface area contributed by atoms with Gasteiger partial charge in [-0.3, -0.25) is 9.59 Å². The number of benzene rings is 1. The van der Waals surface area contributed by atoms with Crippen molar-refractivity contribution in [2.45, 2.75) is 12.8 Å². The molecule has 0 spiro atoms. The fraction of sp³-hybridized carbons (Fsp3) is 0.250. The van der Waals surface area contributed by atoms with Crippen LogP contribution in [-0.2, 0) is 14.3 Å². The van der Waals surface area contributed by atoms with E-state index in [0.29, 0.717) is 28.4 Å². The van der Waals surface area contributed by atoms with E-state index in [-0.39, 0.29) is 5.56 Å². The van der Waals surface area contributed by atoms with Crippen LogP contribution in [0.2, 0.25) is 5.02 Å². The molecule has 0 bridgehead atoms. The molecule has 8 heteroatoms. The summed E-state index contributed by atoms with van der Waals surface area (Å²) >= 11 is 7.12. The van der Waals surface area contributed by atoms with Crippen LogP contribution < -0.4 is 5.32 Å². The van der Waals surface area contributed by atoms with Crippen LogP contribution in [0.1, 0.15) is 23.2 Å². The van der Waals surface area contributed by atoms with Crippen molar-refractivity contribution in [3.8, 4) is 11.1 Å². The second-order valence-electron chi connectivity index (χ2n) is 6.34. The number of methoxy groups -OCH3 is 1. The van der Waals surface area contributed by atoms with Gasteiger partial charge in [-0.15, -0.1) is 11.3 Å². The second-order valence-corrected chi connectivity index (χ2v) is 7.65. The van der Waals surface area contributed by atoms with Gasteiger partial charge in [0.15, 0.2) is 0 Å². The molecule has 1 heterocycles. The molecule has 2 unspecified atom stereocenters. The zero-order chi connectivity index (χ0) is 20.3. The summed E-state index contributed by atoms with van der Waals surface area (Å²) in [6.07, 6.45) is 4.22. The molecular weight excluding hydrogens is 402 g/mol. The van der Waals surface area contributed by atoms with Gasteiger partial charge in [0.05, 0.1) is 18.9 Å². The van der Waals surface area contributed by atoms with Gasteiger partial charge >= 0.3 is 11.9 Å². The molecule has 0 aliphatic heterocycles. The molecular formula is C20H18ClNO5S. The molecule has 2 N–H and O–H groups in total. The highest BCUT2D eigenvalue weighted by Crippen LogP contribution is 2.37. The van der Waals surface area contributed by atoms with E-state index in [9.17, 15) is 19.5 Å². The first-order valence-electron chi connectivity index (χ1n) is 8.56. The Morgan fingerprint density at radius 3 is 2.39 bits per heavy atom. The number of allylic oxidation sites excluding steroid dienone is 2. The van der Waals surface area contributed by atoms with Crippen LogP contribution in [-0.4, -0.2) is 30.1 Å². The summed E-state index contributed by atoms with van der Waals surface area (Å²) in [7, 11) is 1.27. The molecule has 1 aromatic heterocycles. The van der Waals surface area contributed by atoms with Crippen molar-refractivity contribution in [2.24, 2.45) is 11.8 Å². The van der Waals surface area contributed by atoms with E-state index < -0.39 is 29.7 Å². The quantitative estimate of drug-likeness (QED) is 0.551. The van der Waals surface area contributed by atoms with Crippen LogP contribution in [0.3, 0.4) is 0 Å². The van der Waals surface area contributed by atoms with Gasteiger partial charge in [0.2, 0.25) is 5.91 Å². The van der Waals surface area contributed by atoms with E-state index in [1.165, 1.54) is 18.4 Å². The van der Waals surface area contributed by atoms with Gasteiger partial charge in [0, 0.05) is 16.0 Å². The number of halogens is 1. The van der Waals surface area contributed by atoms with Crippen molar-refractivity contribution in [3.05, 3.63) is 52.4 Å². The number of ether oxygens (including phenoxy) is 1. The molecule has 3 rings (SSSR count). The average Bonchev–Trinajstić information content (AvgIpc) is 3.11. The van der Waals surface area contributed by atoms with Crippen molar-refractivity contribution in [1.29, 1.82) is 0 Å². The van der Waals surface area contributed by atoms with Gasteiger partial charge < -0.3 is 15.2 Å². The van der Waals surface area contributed by atoms with Gasteiger partial charge in [0.25, 0.3) is 0 Å². The largest absolute Gasteiger partial charge is 0.481 e. The van der Waals surface area contributed by atoms with Crippen molar-refractivity contribution < 1.29 is 24.2 Å². The number of aliphatic carboxylic acids is 1. The maximum absolute atomic E-state index is 12.8. The lowest BCUT2D eigenvalue weighted by Crippen LogP contribution is -2.34. The topological polar surface area (TPSA) is 92.7 Å². The van der Waals surface area contributed by atoms with Crippen LogP contribution in [0.15, 0.2) is 41.8 Å². The van der Waals surface area contributed by atoms with Gasteiger partial charge in [-0.2, -0.15) is 0 Å². The molecule has 0 saturated carbocycles. The maximum atomic E-state index is 12.8. The highest BCUT2D eigenvalue weighted by atomic mass is 35.5. The highest BCUT2D eigenvalue weighted by Gasteiger charge is 2.35. The van der Waals surface area contributed by atoms with E-state index >= 15 is 0 Å². The Bertz CT molecular complexity index is 935. The molecule has 6 nitrogen and oxygen atoms in total. The van der Waals surface area contributed by atoms with E-state index in [4.69, 9.17) is 16.3 Å². The number of hydrogen-bond donors (Lipinski definition) is 2. The number of amides is 1. The first kappa shape index (κ1) is 20.1. The maximum Gasteiger partial charge on any atom is 0.341 e. The zero-order valence-electron chi connectivity index (χ0n) is 15.0. The average molecular weight is 420 g/mol. The third-order valence-electron chi connectivity index (χ3n) is 4.66. The van der Waals surface area contributed by atoms with Crippen molar-refractivity contribution in [2.75, 3.05) is 12.4 Å². The van der Waals surface area contributed by atoms with Crippen LogP contribution in [0.4, 0.5) is 5.00 Å². The van der Waals surface area contributed by atoms with Crippen LogP contribution in [0.25, 0.3) is 11.1 Å². The monoisotopic (exact) mass is 419 g/mol. The minimum Gasteiger partial charge on any atom is -0.481 e. The minimum absolute atomic E-state index is 0.237. The first-order chi connectivity index (χ1) is 13.4. The molecule has 146 valence electrons. The summed E-state index contributed by atoms with van der Waals surface area (Å²) < 4.78 is 4.89. The molecule has 28 heavy (non-hydrogen) atoms. The molecule has 2 atom stereocenters. The van der Waals surface area contributed by atoms with Crippen molar-refractivity contribution in [1.82, 2.24) is 0 Å². The number of carboxylic acid groups (broad SMARTS) is 1. The Balaban J connectivity index is 1.92. The lowest BCUT2D eigenvalue weighted by Gasteiger charge is -2.24. The normalized spacial score (nSPS) is 18.5. The summed E-state index contributed by atoms with van der Waals surface area (Å²) in [6.45, 7) is 0. The molecule has 0 saturated heterocycles. The smallest absolute Gasteiger partial charge is 0.341 e. The van der Waals surface area contributed by atoms with E-state index in [1.807, 2.05) is 0 Å². The van der Waals surface area contributed by atoms with Gasteiger partial charge in [-0.05, 0) is 30.5 Å². The summed E-state index contributed by atoms with van der Waals surface area (Å²) in [6, 6.07) is 6.96. The summed E-state index contributed by atoms with van der Waals surface area (Å²) in [5.41, 5.74) is 1.61. The molecule has 1 aliphatic carbocycles. The third-order valence-corrected chi connectivity index (χ3v) is 5.81. The number of anilines is 1. The molecule has 0 fully saturated rings. The molecule has 2 aromatic rings. The zero-order valence-corrected chi connectivity index (χ0v) is 16.5. The Labute approximate surface area is 170 Å². The fourth-order valence-corrected chi connectivity index (χ4v) is 4.26. The number of hydrogen-bond acceptors (Lipinski definition) is 5.